The maximum absolute atomic E-state index is 11.5. The molecule has 0 aromatic heterocycles. The molecule has 0 radical (unpaired) electrons. The molecule has 0 aromatic carbocycles. The van der Waals surface area contributed by atoms with Gasteiger partial charge in [0.2, 0.25) is 0 Å². The molecular formula is C12H21O4-. The quantitative estimate of drug-likeness (QED) is 0.411. The minimum Gasteiger partial charge on any atom is -0.607 e. The normalized spacial score (nSPS) is 14.2. The van der Waals surface area contributed by atoms with Crippen LogP contribution in [0.4, 0.5) is 0 Å². The Morgan fingerprint density at radius 3 is 1.62 bits per heavy atom. The molecule has 0 aliphatic heterocycles. The van der Waals surface area contributed by atoms with Gasteiger partial charge < -0.3 is 14.6 Å². The van der Waals surface area contributed by atoms with E-state index in [0.717, 1.165) is 0 Å². The first-order valence-corrected chi connectivity index (χ1v) is 5.22. The Morgan fingerprint density at radius 2 is 1.31 bits per heavy atom. The first kappa shape index (κ1) is 14.8. The van der Waals surface area contributed by atoms with E-state index in [4.69, 9.17) is 9.47 Å². The van der Waals surface area contributed by atoms with Crippen molar-refractivity contribution in [3.63, 3.8) is 0 Å². The topological polar surface area (TPSA) is 58.6 Å². The van der Waals surface area contributed by atoms with Crippen molar-refractivity contribution in [1.82, 2.24) is 0 Å². The molecule has 0 aromatic rings. The average molecular weight is 229 g/mol. The van der Waals surface area contributed by atoms with Crippen LogP contribution >= 0.6 is 0 Å². The first-order valence-electron chi connectivity index (χ1n) is 5.22. The number of carbonyl (C=O) groups excluding carboxylic acids is 1. The molecule has 0 amide bonds. The minimum absolute atomic E-state index is 0.0372. The highest BCUT2D eigenvalue weighted by molar-refractivity contribution is 5.88. The van der Waals surface area contributed by atoms with Gasteiger partial charge in [-0.3, -0.25) is 0 Å². The molecule has 16 heavy (non-hydrogen) atoms. The maximum Gasteiger partial charge on any atom is 0.336 e. The molecule has 0 unspecified atom stereocenters. The van der Waals surface area contributed by atoms with Crippen LogP contribution in [0.5, 0.6) is 0 Å². The van der Waals surface area contributed by atoms with Gasteiger partial charge in [0.1, 0.15) is 5.60 Å². The molecule has 0 N–H and O–H groups in total. The largest absolute Gasteiger partial charge is 0.607 e. The van der Waals surface area contributed by atoms with Crippen LogP contribution in [0.25, 0.3) is 0 Å². The molecule has 0 aliphatic rings. The predicted octanol–water partition coefficient (Wildman–Crippen LogP) is 1.73. The van der Waals surface area contributed by atoms with Crippen molar-refractivity contribution in [2.45, 2.75) is 59.7 Å². The lowest BCUT2D eigenvalue weighted by Crippen LogP contribution is -2.29. The summed E-state index contributed by atoms with van der Waals surface area (Å²) >= 11 is 0. The third kappa shape index (κ3) is 6.32. The van der Waals surface area contributed by atoms with Gasteiger partial charge >= 0.3 is 5.97 Å². The van der Waals surface area contributed by atoms with Crippen LogP contribution in [0, 0.1) is 0 Å². The number of carbonyl (C=O) groups is 1. The summed E-state index contributed by atoms with van der Waals surface area (Å²) in [6.07, 6.45) is 0. The number of hydrogen-bond donors (Lipinski definition) is 0. The van der Waals surface area contributed by atoms with E-state index in [0.29, 0.717) is 0 Å². The lowest BCUT2D eigenvalue weighted by molar-refractivity contribution is -0.370. The summed E-state index contributed by atoms with van der Waals surface area (Å²) in [5.41, 5.74) is -1.26. The van der Waals surface area contributed by atoms with Gasteiger partial charge in [0, 0.05) is 5.60 Å². The standard InChI is InChI=1S/C12H22O4/c1-8(9(13)15-11(2,3)4)10(14)16-12(5,6)7/h13H,1-7H3/p-1/b9-8-. The summed E-state index contributed by atoms with van der Waals surface area (Å²) in [7, 11) is 0. The molecule has 4 heteroatoms. The van der Waals surface area contributed by atoms with Crippen LogP contribution in [-0.4, -0.2) is 17.2 Å². The van der Waals surface area contributed by atoms with E-state index in [9.17, 15) is 9.90 Å². The molecule has 0 rings (SSSR count). The van der Waals surface area contributed by atoms with Crippen molar-refractivity contribution in [2.75, 3.05) is 0 Å². The third-order valence-corrected chi connectivity index (χ3v) is 1.41. The summed E-state index contributed by atoms with van der Waals surface area (Å²) in [4.78, 5) is 11.5. The highest BCUT2D eigenvalue weighted by atomic mass is 16.6. The summed E-state index contributed by atoms with van der Waals surface area (Å²) in [6, 6.07) is 0. The van der Waals surface area contributed by atoms with Gasteiger partial charge in [-0.15, -0.1) is 0 Å². The second-order valence-electron chi connectivity index (χ2n) is 5.63. The molecule has 0 atom stereocenters. The summed E-state index contributed by atoms with van der Waals surface area (Å²) in [5.74, 6) is -1.27. The van der Waals surface area contributed by atoms with Crippen LogP contribution in [0.1, 0.15) is 48.5 Å². The molecule has 0 aliphatic carbocycles. The highest BCUT2D eigenvalue weighted by Crippen LogP contribution is 2.16. The second-order valence-corrected chi connectivity index (χ2v) is 5.63. The Bertz CT molecular complexity index is 289. The third-order valence-electron chi connectivity index (χ3n) is 1.41. The van der Waals surface area contributed by atoms with E-state index in [1.807, 2.05) is 0 Å². The van der Waals surface area contributed by atoms with Crippen molar-refractivity contribution in [3.05, 3.63) is 11.5 Å². The SMILES string of the molecule is C/C(C(=O)OC(C)(C)C)=C(\[O-])OC(C)(C)C. The van der Waals surface area contributed by atoms with E-state index < -0.39 is 23.1 Å². The van der Waals surface area contributed by atoms with E-state index in [1.54, 1.807) is 41.5 Å². The Morgan fingerprint density at radius 1 is 0.938 bits per heavy atom. The fraction of sp³-hybridized carbons (Fsp3) is 0.750. The number of esters is 1. The zero-order valence-corrected chi connectivity index (χ0v) is 11.1. The van der Waals surface area contributed by atoms with Crippen molar-refractivity contribution in [3.8, 4) is 0 Å². The molecule has 94 valence electrons. The van der Waals surface area contributed by atoms with Crippen molar-refractivity contribution >= 4 is 5.97 Å². The summed E-state index contributed by atoms with van der Waals surface area (Å²) in [5, 5.41) is 11.5. The van der Waals surface area contributed by atoms with Gasteiger partial charge in [-0.2, -0.15) is 0 Å². The summed E-state index contributed by atoms with van der Waals surface area (Å²) in [6.45, 7) is 11.9. The fourth-order valence-corrected chi connectivity index (χ4v) is 0.793. The molecule has 0 spiro atoms. The van der Waals surface area contributed by atoms with Gasteiger partial charge in [-0.05, 0) is 27.7 Å². The zero-order chi connectivity index (χ0) is 13.1. The van der Waals surface area contributed by atoms with E-state index in [2.05, 4.69) is 0 Å². The second kappa shape index (κ2) is 4.76. The predicted molar refractivity (Wildman–Crippen MR) is 59.4 cm³/mol. The Hall–Kier alpha value is -1.19. The smallest absolute Gasteiger partial charge is 0.336 e. The Kier molecular flexibility index (Phi) is 4.41. The number of hydrogen-bond acceptors (Lipinski definition) is 4. The van der Waals surface area contributed by atoms with Crippen LogP contribution in [0.15, 0.2) is 11.5 Å². The van der Waals surface area contributed by atoms with Crippen LogP contribution in [-0.2, 0) is 14.3 Å². The Balaban J connectivity index is 4.70. The lowest BCUT2D eigenvalue weighted by atomic mass is 10.2. The highest BCUT2D eigenvalue weighted by Gasteiger charge is 2.19. The van der Waals surface area contributed by atoms with Gasteiger partial charge in [0.05, 0.1) is 11.5 Å². The number of ether oxygens (including phenoxy) is 2. The summed E-state index contributed by atoms with van der Waals surface area (Å²) < 4.78 is 10.1. The maximum atomic E-state index is 11.5. The molecule has 0 saturated heterocycles. The van der Waals surface area contributed by atoms with Crippen molar-refractivity contribution in [2.24, 2.45) is 0 Å². The number of rotatable bonds is 2. The van der Waals surface area contributed by atoms with Crippen LogP contribution in [0.3, 0.4) is 0 Å². The molecule has 0 fully saturated rings. The zero-order valence-electron chi connectivity index (χ0n) is 11.1. The van der Waals surface area contributed by atoms with Gasteiger partial charge in [0.15, 0.2) is 0 Å². The first-order chi connectivity index (χ1) is 6.92. The van der Waals surface area contributed by atoms with Crippen LogP contribution < -0.4 is 5.11 Å². The van der Waals surface area contributed by atoms with E-state index in [-0.39, 0.29) is 5.57 Å². The Labute approximate surface area is 97.2 Å². The molecule has 4 nitrogen and oxygen atoms in total. The van der Waals surface area contributed by atoms with Gasteiger partial charge in [-0.25, -0.2) is 4.79 Å². The monoisotopic (exact) mass is 229 g/mol. The molecule has 0 heterocycles. The fourth-order valence-electron chi connectivity index (χ4n) is 0.793. The lowest BCUT2D eigenvalue weighted by Gasteiger charge is -2.32. The van der Waals surface area contributed by atoms with Crippen LogP contribution in [0.2, 0.25) is 0 Å². The van der Waals surface area contributed by atoms with Crippen molar-refractivity contribution in [1.29, 1.82) is 0 Å². The van der Waals surface area contributed by atoms with E-state index in [1.165, 1.54) is 6.92 Å². The van der Waals surface area contributed by atoms with E-state index >= 15 is 0 Å². The van der Waals surface area contributed by atoms with Crippen molar-refractivity contribution < 1.29 is 19.4 Å². The average Bonchev–Trinajstić information content (AvgIpc) is 1.96. The van der Waals surface area contributed by atoms with Gasteiger partial charge in [-0.1, -0.05) is 20.8 Å². The minimum atomic E-state index is -0.637. The van der Waals surface area contributed by atoms with Gasteiger partial charge in [0.25, 0.3) is 0 Å². The molecule has 0 bridgehead atoms. The molecule has 0 saturated carbocycles. The molecular weight excluding hydrogens is 208 g/mol.